The highest BCUT2D eigenvalue weighted by atomic mass is 31.2. The predicted octanol–water partition coefficient (Wildman–Crippen LogP) is -0.563. The molecule has 2 unspecified atom stereocenters. The average molecular weight is 354 g/mol. The van der Waals surface area contributed by atoms with Gasteiger partial charge in [0.05, 0.1) is 10.6 Å². The second kappa shape index (κ2) is 5.62. The van der Waals surface area contributed by atoms with E-state index in [4.69, 9.17) is 4.74 Å². The van der Waals surface area contributed by atoms with Gasteiger partial charge < -0.3 is 20.0 Å². The lowest BCUT2D eigenvalue weighted by atomic mass is 10.2. The van der Waals surface area contributed by atoms with Crippen LogP contribution in [-0.4, -0.2) is 15.3 Å². The van der Waals surface area contributed by atoms with Crippen LogP contribution in [0.3, 0.4) is 0 Å². The van der Waals surface area contributed by atoms with Gasteiger partial charge in [-0.1, -0.05) is 0 Å². The molecule has 9 nitrogen and oxygen atoms in total. The highest BCUT2D eigenvalue weighted by Gasteiger charge is 2.41. The Morgan fingerprint density at radius 2 is 1.29 bits per heavy atom. The van der Waals surface area contributed by atoms with E-state index in [1.54, 1.807) is 13.8 Å². The van der Waals surface area contributed by atoms with Crippen molar-refractivity contribution in [2.75, 3.05) is 0 Å². The van der Waals surface area contributed by atoms with Crippen LogP contribution in [0.5, 0.6) is 11.5 Å². The number of fused-ring (bicyclic) bond motifs is 2. The van der Waals surface area contributed by atoms with E-state index >= 15 is 0 Å². The van der Waals surface area contributed by atoms with Crippen LogP contribution in [0.1, 0.15) is 11.1 Å². The maximum absolute atomic E-state index is 13.0. The third kappa shape index (κ3) is 2.53. The monoisotopic (exact) mass is 354 g/mol. The molecule has 10 heteroatoms. The molecule has 0 radical (unpaired) electrons. The zero-order valence-corrected chi connectivity index (χ0v) is 13.6. The fourth-order valence-corrected chi connectivity index (χ4v) is 4.62. The summed E-state index contributed by atoms with van der Waals surface area (Å²) in [4.78, 5) is 10.6. The molecule has 2 aromatic rings. The lowest BCUT2D eigenvalue weighted by Crippen LogP contribution is -2.99. The molecule has 0 aromatic heterocycles. The Hall–Kier alpha value is -1.81. The van der Waals surface area contributed by atoms with Crippen molar-refractivity contribution in [3.63, 3.8) is 0 Å². The summed E-state index contributed by atoms with van der Waals surface area (Å²) >= 11 is 0. The van der Waals surface area contributed by atoms with Gasteiger partial charge in [0.2, 0.25) is 22.9 Å². The molecule has 5 N–H and O–H groups in total. The van der Waals surface area contributed by atoms with Gasteiger partial charge in [0.15, 0.2) is 0 Å². The summed E-state index contributed by atoms with van der Waals surface area (Å²) in [5, 5.41) is 38.6. The Labute approximate surface area is 136 Å². The van der Waals surface area contributed by atoms with Gasteiger partial charge in [-0.25, -0.2) is 10.4 Å². The summed E-state index contributed by atoms with van der Waals surface area (Å²) in [6, 6.07) is 5.38. The second-order valence-electron chi connectivity index (χ2n) is 5.61. The Morgan fingerprint density at radius 1 is 0.917 bits per heavy atom. The molecule has 1 heterocycles. The maximum atomic E-state index is 13.0. The molecular weight excluding hydrogens is 339 g/mol. The Morgan fingerprint density at radius 3 is 1.62 bits per heavy atom. The van der Waals surface area contributed by atoms with Gasteiger partial charge in [-0.05, 0) is 37.1 Å². The normalized spacial score (nSPS) is 21.5. The predicted molar refractivity (Wildman–Crippen MR) is 83.1 cm³/mol. The Balaban J connectivity index is 2.37. The van der Waals surface area contributed by atoms with E-state index in [2.05, 4.69) is 0 Å². The third-order valence-electron chi connectivity index (χ3n) is 3.75. The molecule has 1 aliphatic heterocycles. The van der Waals surface area contributed by atoms with Gasteiger partial charge in [-0.3, -0.25) is 4.57 Å². The highest BCUT2D eigenvalue weighted by molar-refractivity contribution is 7.74. The molecule has 0 bridgehead atoms. The van der Waals surface area contributed by atoms with Crippen molar-refractivity contribution >= 4 is 29.4 Å². The van der Waals surface area contributed by atoms with Gasteiger partial charge in [0.1, 0.15) is 0 Å². The first-order chi connectivity index (χ1) is 11.1. The molecule has 2 aromatic carbocycles. The molecule has 24 heavy (non-hydrogen) atoms. The number of hydrogen-bond acceptors (Lipinski definition) is 6. The SMILES string of the molecule is Cc1cc([NH+]([O-])O)c2c(c1)P(=O)(O)c1cc(C)cc([NH+]([O-])O)c1O2. The van der Waals surface area contributed by atoms with Gasteiger partial charge in [-0.15, -0.1) is 0 Å². The summed E-state index contributed by atoms with van der Waals surface area (Å²) in [5.41, 5.74) is 0.390. The van der Waals surface area contributed by atoms with E-state index in [1.807, 2.05) is 0 Å². The number of hydrogen-bond donors (Lipinski definition) is 5. The molecule has 128 valence electrons. The first kappa shape index (κ1) is 17.0. The number of ether oxygens (including phenoxy) is 1. The first-order valence-electron chi connectivity index (χ1n) is 6.90. The molecule has 1 aliphatic rings. The molecule has 0 fully saturated rings. The van der Waals surface area contributed by atoms with Gasteiger partial charge in [0, 0.05) is 12.1 Å². The van der Waals surface area contributed by atoms with Crippen LogP contribution >= 0.6 is 7.37 Å². The summed E-state index contributed by atoms with van der Waals surface area (Å²) in [5.74, 6) is -0.587. The molecule has 0 spiro atoms. The lowest BCUT2D eigenvalue weighted by molar-refractivity contribution is -0.991. The number of benzene rings is 2. The van der Waals surface area contributed by atoms with Crippen LogP contribution in [-0.2, 0) is 4.57 Å². The van der Waals surface area contributed by atoms with Crippen LogP contribution in [0, 0.1) is 24.3 Å². The molecular formula is C14H15N2O7P. The average Bonchev–Trinajstić information content (AvgIpc) is 2.47. The van der Waals surface area contributed by atoms with Crippen molar-refractivity contribution in [1.82, 2.24) is 0 Å². The van der Waals surface area contributed by atoms with E-state index in [0.29, 0.717) is 11.1 Å². The fraction of sp³-hybridized carbons (Fsp3) is 0.143. The molecule has 0 amide bonds. The largest absolute Gasteiger partial charge is 0.595 e. The molecule has 0 saturated carbocycles. The standard InChI is InChI=1S/C14H15N2O7P/c1-7-3-9(15(17)18)13-11(5-7)24(21,22)12-6-8(2)4-10(16(19)20)14(12)23-13/h3-6,15-17,19H,1-2H3,(H,21,22). The smallest absolute Gasteiger partial charge is 0.266 e. The molecule has 0 saturated heterocycles. The zero-order chi connectivity index (χ0) is 17.8. The van der Waals surface area contributed by atoms with Crippen LogP contribution in [0.25, 0.3) is 0 Å². The zero-order valence-electron chi connectivity index (χ0n) is 12.7. The van der Waals surface area contributed by atoms with E-state index in [9.17, 15) is 30.3 Å². The molecule has 3 rings (SSSR count). The maximum Gasteiger partial charge on any atom is 0.266 e. The lowest BCUT2D eigenvalue weighted by Gasteiger charge is -2.29. The van der Waals surface area contributed by atoms with Crippen molar-refractivity contribution < 1.29 is 35.1 Å². The van der Waals surface area contributed by atoms with Crippen molar-refractivity contribution in [2.24, 2.45) is 0 Å². The fourth-order valence-electron chi connectivity index (χ4n) is 2.72. The molecule has 2 atom stereocenters. The quantitative estimate of drug-likeness (QED) is 0.359. The van der Waals surface area contributed by atoms with E-state index in [1.165, 1.54) is 24.3 Å². The van der Waals surface area contributed by atoms with E-state index in [-0.39, 0.29) is 33.5 Å². The second-order valence-corrected chi connectivity index (χ2v) is 7.73. The minimum absolute atomic E-state index is 0.144. The van der Waals surface area contributed by atoms with Crippen molar-refractivity contribution in [3.05, 3.63) is 45.8 Å². The Bertz CT molecular complexity index is 814. The Kier molecular flexibility index (Phi) is 3.99. The molecule has 0 aliphatic carbocycles. The topological polar surface area (TPSA) is 142 Å². The number of rotatable bonds is 2. The van der Waals surface area contributed by atoms with E-state index < -0.39 is 17.8 Å². The van der Waals surface area contributed by atoms with Crippen molar-refractivity contribution in [3.8, 4) is 11.5 Å². The summed E-state index contributed by atoms with van der Waals surface area (Å²) in [6.07, 6.45) is 0. The highest BCUT2D eigenvalue weighted by Crippen LogP contribution is 2.52. The van der Waals surface area contributed by atoms with Crippen LogP contribution in [0.15, 0.2) is 24.3 Å². The number of quaternary nitrogens is 2. The van der Waals surface area contributed by atoms with Crippen LogP contribution in [0.4, 0.5) is 11.4 Å². The van der Waals surface area contributed by atoms with Crippen LogP contribution in [0.2, 0.25) is 0 Å². The van der Waals surface area contributed by atoms with Gasteiger partial charge in [-0.2, -0.15) is 10.5 Å². The third-order valence-corrected chi connectivity index (χ3v) is 5.72. The van der Waals surface area contributed by atoms with Gasteiger partial charge >= 0.3 is 0 Å². The van der Waals surface area contributed by atoms with Crippen molar-refractivity contribution in [2.45, 2.75) is 13.8 Å². The minimum atomic E-state index is -4.21. The first-order valence-corrected chi connectivity index (χ1v) is 8.56. The summed E-state index contributed by atoms with van der Waals surface area (Å²) in [6.45, 7) is 3.20. The van der Waals surface area contributed by atoms with E-state index in [0.717, 1.165) is 0 Å². The summed E-state index contributed by atoms with van der Waals surface area (Å²) in [7, 11) is -4.21. The minimum Gasteiger partial charge on any atom is -0.595 e. The van der Waals surface area contributed by atoms with Gasteiger partial charge in [0.25, 0.3) is 7.37 Å². The van der Waals surface area contributed by atoms with Crippen LogP contribution < -0.4 is 25.8 Å². The number of nitrogens with one attached hydrogen (secondary N) is 2. The number of aryl methyl sites for hydroxylation is 2. The van der Waals surface area contributed by atoms with Crippen molar-refractivity contribution in [1.29, 1.82) is 0 Å². The summed E-state index contributed by atoms with van der Waals surface area (Å²) < 4.78 is 18.5.